The van der Waals surface area contributed by atoms with E-state index < -0.39 is 12.5 Å². The Morgan fingerprint density at radius 2 is 1.73 bits per heavy atom. The van der Waals surface area contributed by atoms with Gasteiger partial charge in [0.05, 0.1) is 11.8 Å². The van der Waals surface area contributed by atoms with Crippen LogP contribution in [0.4, 0.5) is 0 Å². The third kappa shape index (κ3) is 1.54. The molecule has 2 atom stereocenters. The van der Waals surface area contributed by atoms with Crippen LogP contribution in [0.25, 0.3) is 0 Å². The second kappa shape index (κ2) is 3.49. The lowest BCUT2D eigenvalue weighted by Crippen LogP contribution is -2.35. The van der Waals surface area contributed by atoms with Gasteiger partial charge < -0.3 is 5.11 Å². The number of carboxylic acids is 1. The average Bonchev–Trinajstić information content (AvgIpc) is 2.44. The summed E-state index contributed by atoms with van der Waals surface area (Å²) in [5.74, 6) is -2.49. The second-order valence-electron chi connectivity index (χ2n) is 3.81. The maximum absolute atomic E-state index is 11.7. The van der Waals surface area contributed by atoms with Crippen LogP contribution in [0, 0.1) is 11.8 Å². The highest BCUT2D eigenvalue weighted by atomic mass is 16.4. The maximum Gasteiger partial charge on any atom is 0.323 e. The molecule has 2 rings (SSSR count). The number of rotatable bonds is 2. The zero-order valence-corrected chi connectivity index (χ0v) is 8.05. The molecule has 80 valence electrons. The summed E-state index contributed by atoms with van der Waals surface area (Å²) in [4.78, 5) is 34.7. The van der Waals surface area contributed by atoms with Crippen molar-refractivity contribution in [2.75, 3.05) is 6.54 Å². The van der Waals surface area contributed by atoms with Gasteiger partial charge in [0.15, 0.2) is 0 Å². The first-order chi connectivity index (χ1) is 7.11. The smallest absolute Gasteiger partial charge is 0.323 e. The van der Waals surface area contributed by atoms with E-state index in [1.54, 1.807) is 0 Å². The number of nitrogens with zero attached hydrogens (tertiary/aromatic N) is 1. The van der Waals surface area contributed by atoms with Gasteiger partial charge in [-0.2, -0.15) is 0 Å². The molecule has 5 nitrogen and oxygen atoms in total. The van der Waals surface area contributed by atoms with Crippen molar-refractivity contribution < 1.29 is 19.5 Å². The number of aliphatic carboxylic acids is 1. The highest BCUT2D eigenvalue weighted by Gasteiger charge is 2.47. The number of hydrogen-bond donors (Lipinski definition) is 1. The Morgan fingerprint density at radius 1 is 1.27 bits per heavy atom. The van der Waals surface area contributed by atoms with E-state index in [4.69, 9.17) is 5.11 Å². The molecular weight excluding hydrogens is 198 g/mol. The Balaban J connectivity index is 2.20. The molecule has 5 heteroatoms. The third-order valence-corrected chi connectivity index (χ3v) is 2.89. The Labute approximate surface area is 86.4 Å². The van der Waals surface area contributed by atoms with E-state index in [2.05, 4.69) is 0 Å². The van der Waals surface area contributed by atoms with Gasteiger partial charge in [-0.15, -0.1) is 0 Å². The molecule has 0 spiro atoms. The maximum atomic E-state index is 11.7. The number of hydrogen-bond acceptors (Lipinski definition) is 3. The summed E-state index contributed by atoms with van der Waals surface area (Å²) >= 11 is 0. The summed E-state index contributed by atoms with van der Waals surface area (Å²) in [6.45, 7) is -0.509. The summed E-state index contributed by atoms with van der Waals surface area (Å²) in [7, 11) is 0. The number of allylic oxidation sites excluding steroid dienone is 2. The van der Waals surface area contributed by atoms with Crippen molar-refractivity contribution >= 4 is 17.8 Å². The van der Waals surface area contributed by atoms with Crippen molar-refractivity contribution in [3.05, 3.63) is 12.2 Å². The van der Waals surface area contributed by atoms with Gasteiger partial charge in [-0.3, -0.25) is 19.3 Å². The van der Waals surface area contributed by atoms with Crippen molar-refractivity contribution in [2.24, 2.45) is 11.8 Å². The molecule has 0 radical (unpaired) electrons. The van der Waals surface area contributed by atoms with E-state index in [0.717, 1.165) is 4.90 Å². The normalized spacial score (nSPS) is 29.5. The van der Waals surface area contributed by atoms with Crippen LogP contribution in [0.3, 0.4) is 0 Å². The minimum Gasteiger partial charge on any atom is -0.480 e. The lowest BCUT2D eigenvalue weighted by atomic mass is 9.85. The Morgan fingerprint density at radius 3 is 2.13 bits per heavy atom. The van der Waals surface area contributed by atoms with Crippen molar-refractivity contribution in [1.82, 2.24) is 4.90 Å². The molecule has 2 amide bonds. The fraction of sp³-hybridized carbons (Fsp3) is 0.500. The number of carbonyl (C=O) groups excluding carboxylic acids is 2. The Kier molecular flexibility index (Phi) is 2.30. The van der Waals surface area contributed by atoms with E-state index in [1.165, 1.54) is 0 Å². The molecule has 2 aliphatic rings. The SMILES string of the molecule is O=C(O)CN1C(=O)[C@H]2CC=CC[C@H]2C1=O. The molecule has 0 aromatic carbocycles. The molecule has 1 fully saturated rings. The summed E-state index contributed by atoms with van der Waals surface area (Å²) < 4.78 is 0. The molecule has 15 heavy (non-hydrogen) atoms. The van der Waals surface area contributed by atoms with Crippen molar-refractivity contribution in [1.29, 1.82) is 0 Å². The van der Waals surface area contributed by atoms with Gasteiger partial charge in [-0.05, 0) is 12.8 Å². The van der Waals surface area contributed by atoms with E-state index >= 15 is 0 Å². The van der Waals surface area contributed by atoms with E-state index in [9.17, 15) is 14.4 Å². The summed E-state index contributed by atoms with van der Waals surface area (Å²) in [6.07, 6.45) is 4.84. The molecule has 0 aromatic heterocycles. The predicted molar refractivity (Wildman–Crippen MR) is 49.7 cm³/mol. The van der Waals surface area contributed by atoms with E-state index in [-0.39, 0.29) is 23.7 Å². The summed E-state index contributed by atoms with van der Waals surface area (Å²) in [5.41, 5.74) is 0. The molecular formula is C10H11NO4. The van der Waals surface area contributed by atoms with Crippen LogP contribution in [0.1, 0.15) is 12.8 Å². The van der Waals surface area contributed by atoms with Crippen molar-refractivity contribution in [2.45, 2.75) is 12.8 Å². The zero-order valence-electron chi connectivity index (χ0n) is 8.05. The van der Waals surface area contributed by atoms with E-state index in [0.29, 0.717) is 12.8 Å². The number of carboxylic acid groups (broad SMARTS) is 1. The van der Waals surface area contributed by atoms with Crippen LogP contribution >= 0.6 is 0 Å². The number of amides is 2. The van der Waals surface area contributed by atoms with Gasteiger partial charge in [0.1, 0.15) is 6.54 Å². The van der Waals surface area contributed by atoms with Crippen LogP contribution < -0.4 is 0 Å². The van der Waals surface area contributed by atoms with Crippen molar-refractivity contribution in [3.8, 4) is 0 Å². The third-order valence-electron chi connectivity index (χ3n) is 2.89. The van der Waals surface area contributed by atoms with Gasteiger partial charge in [-0.1, -0.05) is 12.2 Å². The molecule has 0 unspecified atom stereocenters. The number of likely N-dealkylation sites (tertiary alicyclic amines) is 1. The molecule has 1 aliphatic carbocycles. The van der Waals surface area contributed by atoms with Gasteiger partial charge in [-0.25, -0.2) is 0 Å². The highest BCUT2D eigenvalue weighted by Crippen LogP contribution is 2.34. The van der Waals surface area contributed by atoms with Crippen molar-refractivity contribution in [3.63, 3.8) is 0 Å². The standard InChI is InChI=1S/C10H11NO4/c12-8(13)5-11-9(14)6-3-1-2-4-7(6)10(11)15/h1-2,6-7H,3-5H2,(H,12,13)/t6-,7+. The predicted octanol–water partition coefficient (Wildman–Crippen LogP) is 0.0222. The van der Waals surface area contributed by atoms with Gasteiger partial charge in [0.2, 0.25) is 11.8 Å². The average molecular weight is 209 g/mol. The minimum atomic E-state index is -1.15. The number of imide groups is 1. The molecule has 0 aromatic rings. The molecule has 1 heterocycles. The Bertz CT molecular complexity index is 334. The van der Waals surface area contributed by atoms with Crippen LogP contribution in [-0.4, -0.2) is 34.3 Å². The Hall–Kier alpha value is -1.65. The van der Waals surface area contributed by atoms with Crippen LogP contribution in [0.15, 0.2) is 12.2 Å². The summed E-state index contributed by atoms with van der Waals surface area (Å²) in [6, 6.07) is 0. The van der Waals surface area contributed by atoms with Crippen LogP contribution in [-0.2, 0) is 14.4 Å². The van der Waals surface area contributed by atoms with Crippen LogP contribution in [0.5, 0.6) is 0 Å². The highest BCUT2D eigenvalue weighted by molar-refractivity contribution is 6.07. The number of carbonyl (C=O) groups is 3. The van der Waals surface area contributed by atoms with E-state index in [1.807, 2.05) is 12.2 Å². The second-order valence-corrected chi connectivity index (χ2v) is 3.81. The first kappa shape index (κ1) is 9.89. The first-order valence-corrected chi connectivity index (χ1v) is 4.83. The van der Waals surface area contributed by atoms with Gasteiger partial charge >= 0.3 is 5.97 Å². The molecule has 1 saturated heterocycles. The number of fused-ring (bicyclic) bond motifs is 1. The lowest BCUT2D eigenvalue weighted by molar-refractivity contribution is -0.149. The van der Waals surface area contributed by atoms with Gasteiger partial charge in [0, 0.05) is 0 Å². The van der Waals surface area contributed by atoms with Gasteiger partial charge in [0.25, 0.3) is 0 Å². The zero-order chi connectivity index (χ0) is 11.0. The fourth-order valence-electron chi connectivity index (χ4n) is 2.16. The topological polar surface area (TPSA) is 74.7 Å². The lowest BCUT2D eigenvalue weighted by Gasteiger charge is -2.14. The largest absolute Gasteiger partial charge is 0.480 e. The molecule has 0 bridgehead atoms. The fourth-order valence-corrected chi connectivity index (χ4v) is 2.16. The quantitative estimate of drug-likeness (QED) is 0.514. The molecule has 1 N–H and O–H groups in total. The summed E-state index contributed by atoms with van der Waals surface area (Å²) in [5, 5.41) is 8.58. The van der Waals surface area contributed by atoms with Crippen LogP contribution in [0.2, 0.25) is 0 Å². The minimum absolute atomic E-state index is 0.332. The first-order valence-electron chi connectivity index (χ1n) is 4.83. The molecule has 0 saturated carbocycles. The molecule has 1 aliphatic heterocycles. The monoisotopic (exact) mass is 209 g/mol.